The van der Waals surface area contributed by atoms with E-state index in [9.17, 15) is 4.79 Å². The number of aromatic nitrogens is 1. The van der Waals surface area contributed by atoms with Gasteiger partial charge < -0.3 is 10.6 Å². The van der Waals surface area contributed by atoms with Crippen LogP contribution in [0.1, 0.15) is 29.4 Å². The van der Waals surface area contributed by atoms with Gasteiger partial charge in [-0.25, -0.2) is 0 Å². The van der Waals surface area contributed by atoms with Crippen LogP contribution in [0.4, 0.5) is 0 Å². The smallest absolute Gasteiger partial charge is 0.253 e. The van der Waals surface area contributed by atoms with E-state index in [0.29, 0.717) is 11.5 Å². The van der Waals surface area contributed by atoms with Crippen LogP contribution in [0.3, 0.4) is 0 Å². The number of pyridine rings is 1. The summed E-state index contributed by atoms with van der Waals surface area (Å²) in [5.74, 6) is 0.461. The molecule has 1 amide bonds. The molecule has 0 spiro atoms. The Labute approximate surface area is 102 Å². The zero-order valence-corrected chi connectivity index (χ0v) is 10.4. The maximum absolute atomic E-state index is 12.0. The van der Waals surface area contributed by atoms with E-state index in [0.717, 1.165) is 25.2 Å². The Bertz CT molecular complexity index is 388. The summed E-state index contributed by atoms with van der Waals surface area (Å²) in [6.07, 6.45) is 2.63. The second-order valence-corrected chi connectivity index (χ2v) is 4.74. The minimum absolute atomic E-state index is 0.0174. The molecule has 1 saturated heterocycles. The van der Waals surface area contributed by atoms with Gasteiger partial charge in [0.1, 0.15) is 0 Å². The van der Waals surface area contributed by atoms with Crippen LogP contribution in [-0.4, -0.2) is 30.0 Å². The standard InChI is InChI=1S/C13H19N3O/c1-9-7-14-6-5-12(9)16-13(17)11-4-3-10(2)15-8-11/h3-4,8-9,12,14H,5-7H2,1-2H3,(H,16,17). The molecule has 2 N–H and O–H groups in total. The molecule has 4 nitrogen and oxygen atoms in total. The predicted octanol–water partition coefficient (Wildman–Crippen LogP) is 1.12. The molecule has 1 aliphatic heterocycles. The lowest BCUT2D eigenvalue weighted by Crippen LogP contribution is -2.48. The van der Waals surface area contributed by atoms with Crippen LogP contribution in [-0.2, 0) is 0 Å². The normalized spacial score (nSPS) is 24.4. The summed E-state index contributed by atoms with van der Waals surface area (Å²) < 4.78 is 0. The van der Waals surface area contributed by atoms with E-state index in [1.165, 1.54) is 0 Å². The number of rotatable bonds is 2. The number of amides is 1. The first-order chi connectivity index (χ1) is 8.16. The average Bonchev–Trinajstić information content (AvgIpc) is 2.33. The minimum Gasteiger partial charge on any atom is -0.349 e. The van der Waals surface area contributed by atoms with Gasteiger partial charge in [0.05, 0.1) is 5.56 Å². The summed E-state index contributed by atoms with van der Waals surface area (Å²) in [6.45, 7) is 6.01. The van der Waals surface area contributed by atoms with E-state index in [-0.39, 0.29) is 11.9 Å². The Morgan fingerprint density at radius 2 is 2.35 bits per heavy atom. The number of carbonyl (C=O) groups excluding carboxylic acids is 1. The van der Waals surface area contributed by atoms with Gasteiger partial charge in [0.25, 0.3) is 5.91 Å². The summed E-state index contributed by atoms with van der Waals surface area (Å²) in [5.41, 5.74) is 1.57. The zero-order chi connectivity index (χ0) is 12.3. The van der Waals surface area contributed by atoms with Crippen LogP contribution in [0.5, 0.6) is 0 Å². The molecule has 0 saturated carbocycles. The minimum atomic E-state index is -0.0174. The molecule has 1 aliphatic rings. The first-order valence-electron chi connectivity index (χ1n) is 6.11. The van der Waals surface area contributed by atoms with Gasteiger partial charge in [0.2, 0.25) is 0 Å². The SMILES string of the molecule is Cc1ccc(C(=O)NC2CCNCC2C)cn1. The van der Waals surface area contributed by atoms with E-state index in [2.05, 4.69) is 22.5 Å². The lowest BCUT2D eigenvalue weighted by Gasteiger charge is -2.30. The third-order valence-electron chi connectivity index (χ3n) is 3.28. The van der Waals surface area contributed by atoms with Crippen molar-refractivity contribution in [3.8, 4) is 0 Å². The number of hydrogen-bond donors (Lipinski definition) is 2. The van der Waals surface area contributed by atoms with Gasteiger partial charge in [-0.2, -0.15) is 0 Å². The van der Waals surface area contributed by atoms with Gasteiger partial charge in [0, 0.05) is 17.9 Å². The van der Waals surface area contributed by atoms with Crippen molar-refractivity contribution >= 4 is 5.91 Å². The molecule has 92 valence electrons. The van der Waals surface area contributed by atoms with Crippen molar-refractivity contribution in [3.05, 3.63) is 29.6 Å². The first-order valence-corrected chi connectivity index (χ1v) is 6.11. The molecule has 2 unspecified atom stereocenters. The van der Waals surface area contributed by atoms with Crippen LogP contribution < -0.4 is 10.6 Å². The van der Waals surface area contributed by atoms with Crippen LogP contribution in [0.2, 0.25) is 0 Å². The van der Waals surface area contributed by atoms with Crippen LogP contribution >= 0.6 is 0 Å². The Kier molecular flexibility index (Phi) is 3.74. The highest BCUT2D eigenvalue weighted by molar-refractivity contribution is 5.94. The Morgan fingerprint density at radius 3 is 3.00 bits per heavy atom. The summed E-state index contributed by atoms with van der Waals surface area (Å²) in [5, 5.41) is 6.41. The van der Waals surface area contributed by atoms with Gasteiger partial charge in [-0.3, -0.25) is 9.78 Å². The van der Waals surface area contributed by atoms with Crippen molar-refractivity contribution in [2.45, 2.75) is 26.3 Å². The van der Waals surface area contributed by atoms with Crippen LogP contribution in [0.15, 0.2) is 18.3 Å². The zero-order valence-electron chi connectivity index (χ0n) is 10.4. The highest BCUT2D eigenvalue weighted by atomic mass is 16.1. The number of hydrogen-bond acceptors (Lipinski definition) is 3. The second kappa shape index (κ2) is 5.27. The molecule has 0 aliphatic carbocycles. The average molecular weight is 233 g/mol. The Balaban J connectivity index is 1.98. The number of aryl methyl sites for hydroxylation is 1. The molecule has 2 rings (SSSR count). The maximum Gasteiger partial charge on any atom is 0.253 e. The predicted molar refractivity (Wildman–Crippen MR) is 66.9 cm³/mol. The molecule has 2 atom stereocenters. The quantitative estimate of drug-likeness (QED) is 0.805. The lowest BCUT2D eigenvalue weighted by atomic mass is 9.95. The van der Waals surface area contributed by atoms with Crippen molar-refractivity contribution in [2.24, 2.45) is 5.92 Å². The molecule has 17 heavy (non-hydrogen) atoms. The Hall–Kier alpha value is -1.42. The van der Waals surface area contributed by atoms with Gasteiger partial charge in [-0.05, 0) is 44.5 Å². The lowest BCUT2D eigenvalue weighted by molar-refractivity contribution is 0.0914. The van der Waals surface area contributed by atoms with Crippen molar-refractivity contribution in [1.82, 2.24) is 15.6 Å². The number of nitrogens with zero attached hydrogens (tertiary/aromatic N) is 1. The molecule has 1 aromatic rings. The highest BCUT2D eigenvalue weighted by Gasteiger charge is 2.22. The summed E-state index contributed by atoms with van der Waals surface area (Å²) in [7, 11) is 0. The largest absolute Gasteiger partial charge is 0.349 e. The first kappa shape index (κ1) is 12.0. The number of carbonyl (C=O) groups is 1. The molecule has 4 heteroatoms. The van der Waals surface area contributed by atoms with Gasteiger partial charge >= 0.3 is 0 Å². The van der Waals surface area contributed by atoms with Crippen molar-refractivity contribution in [2.75, 3.05) is 13.1 Å². The summed E-state index contributed by atoms with van der Waals surface area (Å²) in [6, 6.07) is 3.95. The van der Waals surface area contributed by atoms with Crippen LogP contribution in [0, 0.1) is 12.8 Å². The van der Waals surface area contributed by atoms with Crippen molar-refractivity contribution in [1.29, 1.82) is 0 Å². The molecule has 0 bridgehead atoms. The fourth-order valence-electron chi connectivity index (χ4n) is 2.08. The number of nitrogens with one attached hydrogen (secondary N) is 2. The van der Waals surface area contributed by atoms with E-state index >= 15 is 0 Å². The molecule has 0 aromatic carbocycles. The maximum atomic E-state index is 12.0. The second-order valence-electron chi connectivity index (χ2n) is 4.74. The molecule has 2 heterocycles. The monoisotopic (exact) mass is 233 g/mol. The van der Waals surface area contributed by atoms with Gasteiger partial charge in [0.15, 0.2) is 0 Å². The fourth-order valence-corrected chi connectivity index (χ4v) is 2.08. The third-order valence-corrected chi connectivity index (χ3v) is 3.28. The van der Waals surface area contributed by atoms with E-state index in [1.54, 1.807) is 6.20 Å². The van der Waals surface area contributed by atoms with Gasteiger partial charge in [-0.15, -0.1) is 0 Å². The van der Waals surface area contributed by atoms with Crippen molar-refractivity contribution < 1.29 is 4.79 Å². The van der Waals surface area contributed by atoms with Crippen LogP contribution in [0.25, 0.3) is 0 Å². The molecule has 1 aromatic heterocycles. The third kappa shape index (κ3) is 3.03. The van der Waals surface area contributed by atoms with E-state index in [1.807, 2.05) is 19.1 Å². The summed E-state index contributed by atoms with van der Waals surface area (Å²) >= 11 is 0. The Morgan fingerprint density at radius 1 is 1.53 bits per heavy atom. The number of piperidine rings is 1. The fraction of sp³-hybridized carbons (Fsp3) is 0.538. The van der Waals surface area contributed by atoms with E-state index in [4.69, 9.17) is 0 Å². The van der Waals surface area contributed by atoms with E-state index < -0.39 is 0 Å². The summed E-state index contributed by atoms with van der Waals surface area (Å²) in [4.78, 5) is 16.1. The van der Waals surface area contributed by atoms with Crippen molar-refractivity contribution in [3.63, 3.8) is 0 Å². The molecular formula is C13H19N3O. The highest BCUT2D eigenvalue weighted by Crippen LogP contribution is 2.11. The topological polar surface area (TPSA) is 54.0 Å². The molecular weight excluding hydrogens is 214 g/mol. The molecule has 0 radical (unpaired) electrons. The molecule has 1 fully saturated rings. The van der Waals surface area contributed by atoms with Gasteiger partial charge in [-0.1, -0.05) is 6.92 Å².